The average Bonchev–Trinajstić information content (AvgIpc) is 2.13. The van der Waals surface area contributed by atoms with Crippen molar-refractivity contribution in [3.63, 3.8) is 0 Å². The first-order valence-corrected chi connectivity index (χ1v) is 3.21. The molecule has 1 atom stereocenters. The van der Waals surface area contributed by atoms with E-state index in [1.54, 1.807) is 0 Å². The Hall–Kier alpha value is -0.570. The Morgan fingerprint density at radius 3 is 2.67 bits per heavy atom. The van der Waals surface area contributed by atoms with Crippen molar-refractivity contribution >= 4 is 5.91 Å². The first-order chi connectivity index (χ1) is 4.22. The highest BCUT2D eigenvalue weighted by Crippen LogP contribution is 2.13. The van der Waals surface area contributed by atoms with Gasteiger partial charge in [0, 0.05) is 0 Å². The molecule has 2 N–H and O–H groups in total. The number of carbonyl (C=O) groups excluding carboxylic acids is 1. The predicted molar refractivity (Wildman–Crippen MR) is 34.8 cm³/mol. The molecular formula is C6H12N2O. The van der Waals surface area contributed by atoms with Gasteiger partial charge in [0.25, 0.3) is 0 Å². The van der Waals surface area contributed by atoms with E-state index in [0.29, 0.717) is 0 Å². The Labute approximate surface area is 54.8 Å². The monoisotopic (exact) mass is 128 g/mol. The first-order valence-electron chi connectivity index (χ1n) is 3.21. The van der Waals surface area contributed by atoms with Crippen LogP contribution in [0.25, 0.3) is 0 Å². The van der Waals surface area contributed by atoms with Crippen LogP contribution in [0.5, 0.6) is 0 Å². The Balaban J connectivity index is 2.49. The van der Waals surface area contributed by atoms with Gasteiger partial charge in [0.2, 0.25) is 5.91 Å². The van der Waals surface area contributed by atoms with Crippen LogP contribution >= 0.6 is 0 Å². The lowest BCUT2D eigenvalue weighted by atomic mass is 10.2. The largest absolute Gasteiger partial charge is 0.368 e. The summed E-state index contributed by atoms with van der Waals surface area (Å²) in [5.74, 6) is -0.185. The van der Waals surface area contributed by atoms with Gasteiger partial charge in [0.05, 0.1) is 6.04 Å². The van der Waals surface area contributed by atoms with Gasteiger partial charge >= 0.3 is 0 Å². The predicted octanol–water partition coefficient (Wildman–Crippen LogP) is -0.434. The summed E-state index contributed by atoms with van der Waals surface area (Å²) >= 11 is 0. The van der Waals surface area contributed by atoms with Crippen molar-refractivity contribution in [3.8, 4) is 0 Å². The van der Waals surface area contributed by atoms with Crippen LogP contribution in [0, 0.1) is 0 Å². The third kappa shape index (κ3) is 1.21. The number of hydrogen-bond donors (Lipinski definition) is 1. The van der Waals surface area contributed by atoms with E-state index >= 15 is 0 Å². The molecule has 0 saturated carbocycles. The minimum Gasteiger partial charge on any atom is -0.368 e. The van der Waals surface area contributed by atoms with E-state index in [0.717, 1.165) is 19.4 Å². The van der Waals surface area contributed by atoms with Crippen LogP contribution in [-0.2, 0) is 4.79 Å². The third-order valence-electron chi connectivity index (χ3n) is 1.85. The van der Waals surface area contributed by atoms with E-state index in [9.17, 15) is 4.79 Å². The zero-order valence-electron chi connectivity index (χ0n) is 5.63. The van der Waals surface area contributed by atoms with Crippen molar-refractivity contribution < 1.29 is 4.79 Å². The molecule has 1 amide bonds. The summed E-state index contributed by atoms with van der Waals surface area (Å²) in [7, 11) is 1.93. The normalized spacial score (nSPS) is 28.8. The van der Waals surface area contributed by atoms with Gasteiger partial charge in [-0.05, 0) is 26.4 Å². The molecule has 0 aromatic rings. The maximum Gasteiger partial charge on any atom is 0.234 e. The number of nitrogens with zero attached hydrogens (tertiary/aromatic N) is 1. The summed E-state index contributed by atoms with van der Waals surface area (Å²) in [4.78, 5) is 12.6. The van der Waals surface area contributed by atoms with Crippen LogP contribution in [0.2, 0.25) is 0 Å². The van der Waals surface area contributed by atoms with Crippen molar-refractivity contribution in [1.29, 1.82) is 0 Å². The molecule has 1 fully saturated rings. The number of likely N-dealkylation sites (N-methyl/N-ethyl adjacent to an activating group) is 1. The van der Waals surface area contributed by atoms with Crippen LogP contribution in [0.1, 0.15) is 12.8 Å². The maximum absolute atomic E-state index is 10.6. The van der Waals surface area contributed by atoms with Gasteiger partial charge in [-0.3, -0.25) is 9.69 Å². The number of likely N-dealkylation sites (tertiary alicyclic amines) is 1. The minimum atomic E-state index is -0.185. The SMILES string of the molecule is CN1CCC[C@@H]1C(N)=O. The molecule has 1 aliphatic rings. The summed E-state index contributed by atoms with van der Waals surface area (Å²) in [6, 6.07) is 0.00463. The Morgan fingerprint density at radius 2 is 2.44 bits per heavy atom. The summed E-state index contributed by atoms with van der Waals surface area (Å²) in [6.45, 7) is 1.01. The summed E-state index contributed by atoms with van der Waals surface area (Å²) < 4.78 is 0. The van der Waals surface area contributed by atoms with E-state index in [-0.39, 0.29) is 11.9 Å². The molecule has 0 aromatic heterocycles. The highest BCUT2D eigenvalue weighted by atomic mass is 16.1. The van der Waals surface area contributed by atoms with Gasteiger partial charge in [0.15, 0.2) is 0 Å². The zero-order chi connectivity index (χ0) is 6.85. The smallest absolute Gasteiger partial charge is 0.234 e. The molecule has 3 nitrogen and oxygen atoms in total. The van der Waals surface area contributed by atoms with Gasteiger partial charge < -0.3 is 5.73 Å². The second-order valence-electron chi connectivity index (χ2n) is 2.54. The minimum absolute atomic E-state index is 0.00463. The number of rotatable bonds is 1. The topological polar surface area (TPSA) is 46.3 Å². The summed E-state index contributed by atoms with van der Waals surface area (Å²) in [5, 5.41) is 0. The van der Waals surface area contributed by atoms with Gasteiger partial charge in [0.1, 0.15) is 0 Å². The average molecular weight is 128 g/mol. The number of nitrogens with two attached hydrogens (primary N) is 1. The second-order valence-corrected chi connectivity index (χ2v) is 2.54. The molecule has 0 aliphatic carbocycles. The quantitative estimate of drug-likeness (QED) is 0.520. The summed E-state index contributed by atoms with van der Waals surface area (Å²) in [5.41, 5.74) is 5.11. The molecule has 0 bridgehead atoms. The molecule has 52 valence electrons. The molecular weight excluding hydrogens is 116 g/mol. The molecule has 1 rings (SSSR count). The van der Waals surface area contributed by atoms with Crippen molar-refractivity contribution in [2.75, 3.05) is 13.6 Å². The molecule has 0 unspecified atom stereocenters. The van der Waals surface area contributed by atoms with E-state index in [1.807, 2.05) is 11.9 Å². The number of hydrogen-bond acceptors (Lipinski definition) is 2. The van der Waals surface area contributed by atoms with Crippen LogP contribution in [0.4, 0.5) is 0 Å². The number of primary amides is 1. The van der Waals surface area contributed by atoms with Crippen LogP contribution in [0.3, 0.4) is 0 Å². The fourth-order valence-electron chi connectivity index (χ4n) is 1.27. The van der Waals surface area contributed by atoms with E-state index in [2.05, 4.69) is 0 Å². The first kappa shape index (κ1) is 6.55. The highest BCUT2D eigenvalue weighted by Gasteiger charge is 2.24. The maximum atomic E-state index is 10.6. The number of carbonyl (C=O) groups is 1. The van der Waals surface area contributed by atoms with Crippen LogP contribution in [0.15, 0.2) is 0 Å². The van der Waals surface area contributed by atoms with Gasteiger partial charge in [-0.15, -0.1) is 0 Å². The third-order valence-corrected chi connectivity index (χ3v) is 1.85. The van der Waals surface area contributed by atoms with Gasteiger partial charge in [-0.1, -0.05) is 0 Å². The highest BCUT2D eigenvalue weighted by molar-refractivity contribution is 5.80. The Bertz CT molecular complexity index is 124. The van der Waals surface area contributed by atoms with Crippen LogP contribution < -0.4 is 5.73 Å². The lowest BCUT2D eigenvalue weighted by Gasteiger charge is -2.14. The second kappa shape index (κ2) is 2.35. The standard InChI is InChI=1S/C6H12N2O/c1-8-4-2-3-5(8)6(7)9/h5H,2-4H2,1H3,(H2,7,9)/t5-/m1/s1. The van der Waals surface area contributed by atoms with Gasteiger partial charge in [-0.2, -0.15) is 0 Å². The van der Waals surface area contributed by atoms with Crippen molar-refractivity contribution in [1.82, 2.24) is 4.90 Å². The van der Waals surface area contributed by atoms with Crippen molar-refractivity contribution in [2.45, 2.75) is 18.9 Å². The van der Waals surface area contributed by atoms with E-state index in [4.69, 9.17) is 5.73 Å². The molecule has 1 aliphatic heterocycles. The lowest BCUT2D eigenvalue weighted by Crippen LogP contribution is -2.37. The summed E-state index contributed by atoms with van der Waals surface area (Å²) in [6.07, 6.45) is 2.04. The number of amides is 1. The fraction of sp³-hybridized carbons (Fsp3) is 0.833. The molecule has 0 radical (unpaired) electrons. The van der Waals surface area contributed by atoms with E-state index < -0.39 is 0 Å². The molecule has 3 heteroatoms. The van der Waals surface area contributed by atoms with Crippen molar-refractivity contribution in [2.24, 2.45) is 5.73 Å². The molecule has 1 saturated heterocycles. The lowest BCUT2D eigenvalue weighted by molar-refractivity contribution is -0.121. The fourth-order valence-corrected chi connectivity index (χ4v) is 1.27. The van der Waals surface area contributed by atoms with Crippen molar-refractivity contribution in [3.05, 3.63) is 0 Å². The Morgan fingerprint density at radius 1 is 1.78 bits per heavy atom. The molecule has 0 aromatic carbocycles. The zero-order valence-corrected chi connectivity index (χ0v) is 5.63. The molecule has 9 heavy (non-hydrogen) atoms. The van der Waals surface area contributed by atoms with E-state index in [1.165, 1.54) is 0 Å². The Kier molecular flexibility index (Phi) is 1.71. The van der Waals surface area contributed by atoms with Crippen LogP contribution in [-0.4, -0.2) is 30.4 Å². The van der Waals surface area contributed by atoms with Gasteiger partial charge in [-0.25, -0.2) is 0 Å². The molecule has 0 spiro atoms. The molecule has 1 heterocycles.